The first-order valence-corrected chi connectivity index (χ1v) is 5.85. The number of hydrogen-bond acceptors (Lipinski definition) is 3. The van der Waals surface area contributed by atoms with Gasteiger partial charge in [0.15, 0.2) is 0 Å². The predicted molar refractivity (Wildman–Crippen MR) is 69.0 cm³/mol. The van der Waals surface area contributed by atoms with Gasteiger partial charge in [-0.1, -0.05) is 17.7 Å². The van der Waals surface area contributed by atoms with Gasteiger partial charge in [0, 0.05) is 6.20 Å². The number of aromatic nitrogens is 2. The molecule has 0 fully saturated rings. The summed E-state index contributed by atoms with van der Waals surface area (Å²) in [7, 11) is 1.38. The summed E-state index contributed by atoms with van der Waals surface area (Å²) in [5.74, 6) is -0.256. The molecule has 18 heavy (non-hydrogen) atoms. The van der Waals surface area contributed by atoms with Crippen molar-refractivity contribution in [3.63, 3.8) is 0 Å². The molecule has 0 aliphatic carbocycles. The molecule has 0 aliphatic rings. The van der Waals surface area contributed by atoms with Crippen molar-refractivity contribution in [2.75, 3.05) is 7.11 Å². The second-order valence-electron chi connectivity index (χ2n) is 3.97. The molecular formula is C13H13ClN2O2. The van der Waals surface area contributed by atoms with Gasteiger partial charge in [-0.3, -0.25) is 4.79 Å². The Morgan fingerprint density at radius 2 is 2.28 bits per heavy atom. The van der Waals surface area contributed by atoms with Crippen LogP contribution in [0.15, 0.2) is 30.6 Å². The van der Waals surface area contributed by atoms with E-state index in [4.69, 9.17) is 11.6 Å². The summed E-state index contributed by atoms with van der Waals surface area (Å²) in [4.78, 5) is 11.3. The van der Waals surface area contributed by atoms with Crippen molar-refractivity contribution in [3.8, 4) is 5.69 Å². The van der Waals surface area contributed by atoms with Gasteiger partial charge in [0.25, 0.3) is 0 Å². The molecule has 1 heterocycles. The van der Waals surface area contributed by atoms with Gasteiger partial charge >= 0.3 is 5.97 Å². The fourth-order valence-electron chi connectivity index (χ4n) is 1.66. The second-order valence-corrected chi connectivity index (χ2v) is 4.40. The minimum Gasteiger partial charge on any atom is -0.469 e. The van der Waals surface area contributed by atoms with Gasteiger partial charge in [0.2, 0.25) is 0 Å². The summed E-state index contributed by atoms with van der Waals surface area (Å²) < 4.78 is 6.35. The van der Waals surface area contributed by atoms with Crippen LogP contribution in [0.25, 0.3) is 5.69 Å². The van der Waals surface area contributed by atoms with Crippen LogP contribution in [-0.4, -0.2) is 22.9 Å². The maximum atomic E-state index is 11.3. The fraction of sp³-hybridized carbons (Fsp3) is 0.231. The first-order chi connectivity index (χ1) is 8.60. The molecule has 1 aromatic heterocycles. The quantitative estimate of drug-likeness (QED) is 0.801. The molecule has 2 rings (SSSR count). The van der Waals surface area contributed by atoms with Crippen LogP contribution in [0.4, 0.5) is 0 Å². The molecule has 0 saturated heterocycles. The summed E-state index contributed by atoms with van der Waals surface area (Å²) in [6.07, 6.45) is 3.54. The predicted octanol–water partition coefficient (Wildman–Crippen LogP) is 2.55. The highest BCUT2D eigenvalue weighted by Gasteiger charge is 2.08. The summed E-state index contributed by atoms with van der Waals surface area (Å²) in [6, 6.07) is 5.79. The van der Waals surface area contributed by atoms with E-state index >= 15 is 0 Å². The van der Waals surface area contributed by atoms with Gasteiger partial charge in [-0.05, 0) is 30.2 Å². The van der Waals surface area contributed by atoms with E-state index in [1.807, 2.05) is 25.1 Å². The number of methoxy groups -OCH3 is 1. The van der Waals surface area contributed by atoms with Gasteiger partial charge in [0.05, 0.1) is 30.4 Å². The minimum absolute atomic E-state index is 0.255. The zero-order valence-electron chi connectivity index (χ0n) is 10.2. The van der Waals surface area contributed by atoms with Crippen molar-refractivity contribution in [3.05, 3.63) is 46.7 Å². The largest absolute Gasteiger partial charge is 0.469 e. The van der Waals surface area contributed by atoms with E-state index in [1.165, 1.54) is 7.11 Å². The van der Waals surface area contributed by atoms with Crippen molar-refractivity contribution in [2.45, 2.75) is 13.3 Å². The van der Waals surface area contributed by atoms with Crippen LogP contribution in [0.1, 0.15) is 11.1 Å². The van der Waals surface area contributed by atoms with Crippen LogP contribution in [0.5, 0.6) is 0 Å². The lowest BCUT2D eigenvalue weighted by atomic mass is 10.1. The van der Waals surface area contributed by atoms with Gasteiger partial charge in [-0.2, -0.15) is 5.10 Å². The molecule has 0 bridgehead atoms. The smallest absolute Gasteiger partial charge is 0.309 e. The minimum atomic E-state index is -0.256. The Morgan fingerprint density at radius 3 is 2.89 bits per heavy atom. The van der Waals surface area contributed by atoms with Crippen molar-refractivity contribution < 1.29 is 9.53 Å². The summed E-state index contributed by atoms with van der Waals surface area (Å²) >= 11 is 5.83. The summed E-state index contributed by atoms with van der Waals surface area (Å²) in [5.41, 5.74) is 2.83. The lowest BCUT2D eigenvalue weighted by Crippen LogP contribution is -2.07. The Morgan fingerprint density at radius 1 is 1.50 bits per heavy atom. The fourth-order valence-corrected chi connectivity index (χ4v) is 1.80. The Balaban J connectivity index is 2.34. The van der Waals surface area contributed by atoms with E-state index in [-0.39, 0.29) is 12.4 Å². The van der Waals surface area contributed by atoms with E-state index < -0.39 is 0 Å². The molecule has 4 nitrogen and oxygen atoms in total. The first kappa shape index (κ1) is 12.6. The van der Waals surface area contributed by atoms with E-state index in [0.29, 0.717) is 5.02 Å². The Kier molecular flexibility index (Phi) is 3.67. The number of hydrogen-bond donors (Lipinski definition) is 0. The average molecular weight is 265 g/mol. The third-order valence-electron chi connectivity index (χ3n) is 2.71. The average Bonchev–Trinajstić information content (AvgIpc) is 2.78. The van der Waals surface area contributed by atoms with Crippen LogP contribution < -0.4 is 0 Å². The van der Waals surface area contributed by atoms with Crippen molar-refractivity contribution >= 4 is 17.6 Å². The van der Waals surface area contributed by atoms with Crippen LogP contribution in [0, 0.1) is 6.92 Å². The lowest BCUT2D eigenvalue weighted by molar-refractivity contribution is -0.139. The third-order valence-corrected chi connectivity index (χ3v) is 2.91. The molecule has 0 spiro atoms. The molecule has 0 amide bonds. The Bertz CT molecular complexity index is 578. The second kappa shape index (κ2) is 5.23. The molecule has 94 valence electrons. The molecule has 0 radical (unpaired) electrons. The maximum absolute atomic E-state index is 11.3. The maximum Gasteiger partial charge on any atom is 0.309 e. The molecule has 0 atom stereocenters. The number of aryl methyl sites for hydroxylation is 1. The summed E-state index contributed by atoms with van der Waals surface area (Å²) in [6.45, 7) is 1.96. The number of carbonyl (C=O) groups is 1. The highest BCUT2D eigenvalue weighted by atomic mass is 35.5. The number of ether oxygens (including phenoxy) is 1. The van der Waals surface area contributed by atoms with Gasteiger partial charge < -0.3 is 4.74 Å². The van der Waals surface area contributed by atoms with Crippen molar-refractivity contribution in [1.29, 1.82) is 0 Å². The summed E-state index contributed by atoms with van der Waals surface area (Å²) in [5, 5.41) is 4.70. The standard InChI is InChI=1S/C13H13ClN2O2/c1-9-3-4-12(16-8-11(14)7-15-16)5-10(9)6-13(17)18-2/h3-5,7-8H,6H2,1-2H3. The Hall–Kier alpha value is -1.81. The topological polar surface area (TPSA) is 44.1 Å². The van der Waals surface area contributed by atoms with Gasteiger partial charge in [0.1, 0.15) is 0 Å². The molecule has 0 saturated carbocycles. The molecule has 2 aromatic rings. The number of benzene rings is 1. The monoisotopic (exact) mass is 264 g/mol. The van der Waals surface area contributed by atoms with E-state index in [0.717, 1.165) is 16.8 Å². The first-order valence-electron chi connectivity index (χ1n) is 5.47. The molecule has 0 N–H and O–H groups in total. The molecule has 0 aliphatic heterocycles. The van der Waals surface area contributed by atoms with Gasteiger partial charge in [-0.25, -0.2) is 4.68 Å². The van der Waals surface area contributed by atoms with Crippen LogP contribution in [0.3, 0.4) is 0 Å². The third kappa shape index (κ3) is 2.71. The number of carbonyl (C=O) groups excluding carboxylic acids is 1. The van der Waals surface area contributed by atoms with E-state index in [2.05, 4.69) is 9.84 Å². The van der Waals surface area contributed by atoms with Gasteiger partial charge in [-0.15, -0.1) is 0 Å². The van der Waals surface area contributed by atoms with Crippen LogP contribution in [-0.2, 0) is 16.0 Å². The number of halogens is 1. The van der Waals surface area contributed by atoms with Crippen molar-refractivity contribution in [2.24, 2.45) is 0 Å². The van der Waals surface area contributed by atoms with Crippen LogP contribution >= 0.6 is 11.6 Å². The van der Waals surface area contributed by atoms with Crippen LogP contribution in [0.2, 0.25) is 5.02 Å². The number of rotatable bonds is 3. The Labute approximate surface area is 110 Å². The zero-order chi connectivity index (χ0) is 13.1. The highest BCUT2D eigenvalue weighted by molar-refractivity contribution is 6.30. The highest BCUT2D eigenvalue weighted by Crippen LogP contribution is 2.17. The number of esters is 1. The molecule has 5 heteroatoms. The SMILES string of the molecule is COC(=O)Cc1cc(-n2cc(Cl)cn2)ccc1C. The van der Waals surface area contributed by atoms with Crippen molar-refractivity contribution in [1.82, 2.24) is 9.78 Å². The molecule has 0 unspecified atom stereocenters. The normalized spacial score (nSPS) is 10.4. The molecular weight excluding hydrogens is 252 g/mol. The number of nitrogens with zero attached hydrogens (tertiary/aromatic N) is 2. The zero-order valence-corrected chi connectivity index (χ0v) is 10.9. The molecule has 1 aromatic carbocycles. The van der Waals surface area contributed by atoms with E-state index in [9.17, 15) is 4.79 Å². The lowest BCUT2D eigenvalue weighted by Gasteiger charge is -2.08. The van der Waals surface area contributed by atoms with E-state index in [1.54, 1.807) is 17.1 Å².